The van der Waals surface area contributed by atoms with Gasteiger partial charge in [-0.15, -0.1) is 11.3 Å². The molecule has 0 bridgehead atoms. The summed E-state index contributed by atoms with van der Waals surface area (Å²) in [6, 6.07) is 17.8. The van der Waals surface area contributed by atoms with Crippen LogP contribution < -0.4 is 0 Å². The summed E-state index contributed by atoms with van der Waals surface area (Å²) in [5.74, 6) is -0.676. The third-order valence-corrected chi connectivity index (χ3v) is 5.10. The third kappa shape index (κ3) is 3.63. The highest BCUT2D eigenvalue weighted by Gasteiger charge is 2.19. The number of hydrogen-bond acceptors (Lipinski definition) is 4. The Hall–Kier alpha value is -2.24. The molecule has 1 aromatic heterocycles. The molecule has 1 heterocycles. The van der Waals surface area contributed by atoms with Crippen LogP contribution in [0.2, 0.25) is 0 Å². The van der Waals surface area contributed by atoms with Gasteiger partial charge in [-0.2, -0.15) is 0 Å². The van der Waals surface area contributed by atoms with Gasteiger partial charge in [0.1, 0.15) is 6.61 Å². The number of carbonyl (C=O) groups is 2. The molecule has 3 nitrogen and oxygen atoms in total. The van der Waals surface area contributed by atoms with E-state index in [1.807, 2.05) is 35.7 Å². The van der Waals surface area contributed by atoms with Crippen LogP contribution in [0, 0.1) is 0 Å². The summed E-state index contributed by atoms with van der Waals surface area (Å²) in [6.45, 7) is 0.141. The van der Waals surface area contributed by atoms with Gasteiger partial charge in [0.15, 0.2) is 0 Å². The Labute approximate surface area is 152 Å². The van der Waals surface area contributed by atoms with E-state index in [0.29, 0.717) is 10.4 Å². The number of rotatable bonds is 5. The summed E-state index contributed by atoms with van der Waals surface area (Å²) in [4.78, 5) is 25.6. The van der Waals surface area contributed by atoms with Gasteiger partial charge in [-0.1, -0.05) is 58.4 Å². The minimum Gasteiger partial charge on any atom is -0.457 e. The fourth-order valence-corrected chi connectivity index (χ4v) is 3.31. The number of carbonyl (C=O) groups excluding carboxylic acids is 2. The van der Waals surface area contributed by atoms with E-state index < -0.39 is 5.97 Å². The fraction of sp³-hybridized carbons (Fsp3) is 0.0526. The molecule has 0 amide bonds. The standard InChI is InChI=1S/C19H13BrO3S/c20-16-9-4-1-6-13(16)12-23-19(22)15-8-3-2-7-14(15)18(21)17-10-5-11-24-17/h1-11H,12H2. The summed E-state index contributed by atoms with van der Waals surface area (Å²) in [5.41, 5.74) is 1.51. The van der Waals surface area contributed by atoms with E-state index in [0.717, 1.165) is 10.0 Å². The molecule has 3 aromatic rings. The number of halogens is 1. The molecule has 0 saturated carbocycles. The molecule has 0 aliphatic rings. The van der Waals surface area contributed by atoms with Gasteiger partial charge in [-0.05, 0) is 23.6 Å². The van der Waals surface area contributed by atoms with Gasteiger partial charge < -0.3 is 4.74 Å². The molecular formula is C19H13BrO3S. The lowest BCUT2D eigenvalue weighted by Gasteiger charge is -2.09. The number of esters is 1. The van der Waals surface area contributed by atoms with Crippen molar-refractivity contribution in [2.45, 2.75) is 6.61 Å². The Balaban J connectivity index is 1.81. The topological polar surface area (TPSA) is 43.4 Å². The van der Waals surface area contributed by atoms with E-state index in [1.165, 1.54) is 11.3 Å². The third-order valence-electron chi connectivity index (χ3n) is 3.45. The van der Waals surface area contributed by atoms with Crippen molar-refractivity contribution in [2.24, 2.45) is 0 Å². The Morgan fingerprint density at radius 1 is 0.917 bits per heavy atom. The Bertz CT molecular complexity index is 872. The van der Waals surface area contributed by atoms with Gasteiger partial charge in [0, 0.05) is 15.6 Å². The monoisotopic (exact) mass is 400 g/mol. The molecule has 0 N–H and O–H groups in total. The second-order valence-electron chi connectivity index (χ2n) is 5.02. The zero-order chi connectivity index (χ0) is 16.9. The van der Waals surface area contributed by atoms with Crippen LogP contribution in [0.4, 0.5) is 0 Å². The molecule has 120 valence electrons. The minimum absolute atomic E-state index is 0.141. The zero-order valence-electron chi connectivity index (χ0n) is 12.6. The van der Waals surface area contributed by atoms with Crippen LogP contribution in [-0.2, 0) is 11.3 Å². The van der Waals surface area contributed by atoms with Crippen LogP contribution in [0.25, 0.3) is 0 Å². The van der Waals surface area contributed by atoms with Crippen LogP contribution in [-0.4, -0.2) is 11.8 Å². The van der Waals surface area contributed by atoms with Gasteiger partial charge in [0.2, 0.25) is 5.78 Å². The Kier molecular flexibility index (Phi) is 5.23. The quantitative estimate of drug-likeness (QED) is 0.442. The first-order valence-corrected chi connectivity index (χ1v) is 8.92. The molecule has 0 fully saturated rings. The molecule has 0 aliphatic heterocycles. The number of benzene rings is 2. The molecule has 0 aliphatic carbocycles. The number of thiophene rings is 1. The lowest BCUT2D eigenvalue weighted by molar-refractivity contribution is 0.0469. The smallest absolute Gasteiger partial charge is 0.339 e. The van der Waals surface area contributed by atoms with Crippen molar-refractivity contribution < 1.29 is 14.3 Å². The predicted octanol–water partition coefficient (Wildman–Crippen LogP) is 5.10. The van der Waals surface area contributed by atoms with Crippen LogP contribution in [0.5, 0.6) is 0 Å². The highest BCUT2D eigenvalue weighted by Crippen LogP contribution is 2.21. The van der Waals surface area contributed by atoms with Crippen molar-refractivity contribution in [3.05, 3.63) is 92.1 Å². The molecule has 0 unspecified atom stereocenters. The van der Waals surface area contributed by atoms with E-state index in [9.17, 15) is 9.59 Å². The largest absolute Gasteiger partial charge is 0.457 e. The minimum atomic E-state index is -0.508. The second kappa shape index (κ2) is 7.55. The average Bonchev–Trinajstić information content (AvgIpc) is 3.15. The summed E-state index contributed by atoms with van der Waals surface area (Å²) < 4.78 is 6.26. The van der Waals surface area contributed by atoms with E-state index in [1.54, 1.807) is 30.3 Å². The van der Waals surface area contributed by atoms with Crippen molar-refractivity contribution in [3.63, 3.8) is 0 Å². The van der Waals surface area contributed by atoms with E-state index in [-0.39, 0.29) is 18.0 Å². The Morgan fingerprint density at radius 2 is 1.62 bits per heavy atom. The SMILES string of the molecule is O=C(OCc1ccccc1Br)c1ccccc1C(=O)c1cccs1. The van der Waals surface area contributed by atoms with Crippen molar-refractivity contribution in [3.8, 4) is 0 Å². The molecule has 0 saturated heterocycles. The summed E-state index contributed by atoms with van der Waals surface area (Å²) >= 11 is 4.77. The van der Waals surface area contributed by atoms with Gasteiger partial charge in [0.25, 0.3) is 0 Å². The van der Waals surface area contributed by atoms with E-state index in [2.05, 4.69) is 15.9 Å². The molecule has 3 rings (SSSR count). The normalized spacial score (nSPS) is 10.4. The predicted molar refractivity (Wildman–Crippen MR) is 97.5 cm³/mol. The molecule has 0 radical (unpaired) electrons. The lowest BCUT2D eigenvalue weighted by Crippen LogP contribution is -2.12. The molecule has 0 spiro atoms. The van der Waals surface area contributed by atoms with Crippen LogP contribution in [0.15, 0.2) is 70.5 Å². The molecule has 24 heavy (non-hydrogen) atoms. The highest BCUT2D eigenvalue weighted by atomic mass is 79.9. The van der Waals surface area contributed by atoms with Crippen molar-refractivity contribution in [1.29, 1.82) is 0 Å². The van der Waals surface area contributed by atoms with Crippen LogP contribution in [0.1, 0.15) is 31.2 Å². The average molecular weight is 401 g/mol. The van der Waals surface area contributed by atoms with Crippen LogP contribution in [0.3, 0.4) is 0 Å². The first kappa shape index (κ1) is 16.6. The fourth-order valence-electron chi connectivity index (χ4n) is 2.24. The van der Waals surface area contributed by atoms with E-state index in [4.69, 9.17) is 4.74 Å². The van der Waals surface area contributed by atoms with Crippen molar-refractivity contribution >= 4 is 39.0 Å². The number of hydrogen-bond donors (Lipinski definition) is 0. The van der Waals surface area contributed by atoms with Gasteiger partial charge >= 0.3 is 5.97 Å². The maximum Gasteiger partial charge on any atom is 0.339 e. The first-order chi connectivity index (χ1) is 11.7. The number of ether oxygens (including phenoxy) is 1. The summed E-state index contributed by atoms with van der Waals surface area (Å²) in [7, 11) is 0. The van der Waals surface area contributed by atoms with Gasteiger partial charge in [-0.25, -0.2) is 4.79 Å². The highest BCUT2D eigenvalue weighted by molar-refractivity contribution is 9.10. The van der Waals surface area contributed by atoms with Gasteiger partial charge in [-0.3, -0.25) is 4.79 Å². The zero-order valence-corrected chi connectivity index (χ0v) is 15.0. The maximum absolute atomic E-state index is 12.6. The second-order valence-corrected chi connectivity index (χ2v) is 6.82. The molecule has 2 aromatic carbocycles. The van der Waals surface area contributed by atoms with Crippen molar-refractivity contribution in [1.82, 2.24) is 0 Å². The summed E-state index contributed by atoms with van der Waals surface area (Å²) in [5, 5.41) is 1.83. The summed E-state index contributed by atoms with van der Waals surface area (Å²) in [6.07, 6.45) is 0. The van der Waals surface area contributed by atoms with E-state index >= 15 is 0 Å². The lowest BCUT2D eigenvalue weighted by atomic mass is 10.0. The molecular weight excluding hydrogens is 388 g/mol. The molecule has 5 heteroatoms. The van der Waals surface area contributed by atoms with Crippen LogP contribution >= 0.6 is 27.3 Å². The van der Waals surface area contributed by atoms with Crippen molar-refractivity contribution in [2.75, 3.05) is 0 Å². The Morgan fingerprint density at radius 3 is 2.33 bits per heavy atom. The number of ketones is 1. The molecule has 0 atom stereocenters. The first-order valence-electron chi connectivity index (χ1n) is 7.24. The maximum atomic E-state index is 12.6. The van der Waals surface area contributed by atoms with Gasteiger partial charge in [0.05, 0.1) is 10.4 Å².